The molecule has 7 aliphatic carbocycles. The predicted molar refractivity (Wildman–Crippen MR) is 383 cm³/mol. The second-order valence-corrected chi connectivity index (χ2v) is 33.9. The number of aromatic amines is 1. The number of aliphatic hydroxyl groups is 4. The van der Waals surface area contributed by atoms with E-state index in [1.54, 1.807) is 68.9 Å². The minimum atomic E-state index is -1.35. The van der Waals surface area contributed by atoms with Crippen LogP contribution in [0.1, 0.15) is 171 Å². The van der Waals surface area contributed by atoms with Crippen molar-refractivity contribution in [2.24, 2.45) is 52.4 Å². The number of nitrogens with two attached hydrogens (primary N) is 2. The largest absolute Gasteiger partial charge is 0.508 e. The number of H-pyrrole nitrogens is 1. The van der Waals surface area contributed by atoms with Crippen molar-refractivity contribution >= 4 is 54.7 Å². The van der Waals surface area contributed by atoms with Crippen molar-refractivity contribution in [1.82, 2.24) is 4.98 Å². The highest BCUT2D eigenvalue weighted by molar-refractivity contribution is 8.77. The fourth-order valence-electron chi connectivity index (χ4n) is 18.1. The molecule has 9 aliphatic rings. The molecule has 13 atom stereocenters. The van der Waals surface area contributed by atoms with E-state index >= 15 is 0 Å². The minimum Gasteiger partial charge on any atom is -0.508 e. The Bertz CT molecular complexity index is 3970. The topological polar surface area (TPSA) is 233 Å². The van der Waals surface area contributed by atoms with Crippen LogP contribution in [0.3, 0.4) is 0 Å². The van der Waals surface area contributed by atoms with Crippen LogP contribution >= 0.6 is 43.2 Å². The van der Waals surface area contributed by atoms with Crippen molar-refractivity contribution in [1.29, 1.82) is 0 Å². The molecule has 15 rings (SSSR count). The summed E-state index contributed by atoms with van der Waals surface area (Å²) in [6.45, 7) is 0.211. The van der Waals surface area contributed by atoms with Gasteiger partial charge in [0.15, 0.2) is 23.1 Å². The normalized spacial score (nSPS) is 31.2. The van der Waals surface area contributed by atoms with E-state index in [-0.39, 0.29) is 95.8 Å². The van der Waals surface area contributed by atoms with Gasteiger partial charge in [-0.25, -0.2) is 0 Å². The number of carbonyl (C=O) groups excluding carboxylic acids is 2. The molecule has 20 bridgehead atoms. The Balaban J connectivity index is 0.858. The van der Waals surface area contributed by atoms with Crippen LogP contribution in [0.2, 0.25) is 0 Å². The number of phenolic OH excluding ortho intramolecular Hbond substituents is 2. The third-order valence-electron chi connectivity index (χ3n) is 23.2. The van der Waals surface area contributed by atoms with Crippen LogP contribution < -0.4 is 16.2 Å². The Kier molecular flexibility index (Phi) is 19.8. The van der Waals surface area contributed by atoms with Gasteiger partial charge in [-0.1, -0.05) is 146 Å². The minimum absolute atomic E-state index is 0.0203. The first-order valence-corrected chi connectivity index (χ1v) is 39.4. The van der Waals surface area contributed by atoms with Gasteiger partial charge in [0.2, 0.25) is 0 Å². The van der Waals surface area contributed by atoms with Crippen LogP contribution in [-0.4, -0.2) is 94.5 Å². The molecule has 2 fully saturated rings. The number of phenols is 2. The van der Waals surface area contributed by atoms with Gasteiger partial charge in [-0.3, -0.25) is 9.59 Å². The average molecular weight is 1350 g/mol. The molecule has 498 valence electrons. The van der Waals surface area contributed by atoms with Crippen molar-refractivity contribution < 1.29 is 45.0 Å². The molecule has 6 aromatic rings. The standard InChI is InChI=1S/C79H89N3O9S4/c80-76(81)64-36-52-5-2-7-69-61(26-30-82-69)72(87)39-65-62(52)38-55(64)43-92-93-44-57-41-77(29-25-58(84)20-15-50-18-23-71(86)73(34-50)91-31-27-51-17-22-70(85)66(65)33-51)46-79(57,90)75-24-19-56(77)35-54-40-78(89)28-3-6-60-63(54)37-53-32-49(16-21-59(53)67(42-83)68(60)45-94-95-75)14-13-48-11-9-47(10-12-48)4-1-8-74(78)88/h9-12,16-19,21-26,29-30,32-34,36,38,54,56-57,60,63,65,67-68,74-76,82-83,85-86,88-90H,1,3-4,6-8,13-15,20,27-28,31,35,37,39-46,80-81H2. The van der Waals surface area contributed by atoms with Gasteiger partial charge in [-0.2, -0.15) is 0 Å². The maximum Gasteiger partial charge on any atom is 0.165 e. The van der Waals surface area contributed by atoms with E-state index in [0.29, 0.717) is 91.7 Å². The Morgan fingerprint density at radius 1 is 0.716 bits per heavy atom. The fourth-order valence-corrected chi connectivity index (χ4v) is 23.9. The molecule has 1 spiro atoms. The lowest BCUT2D eigenvalue weighted by Gasteiger charge is -2.47. The maximum atomic E-state index is 14.7. The zero-order chi connectivity index (χ0) is 65.6. The zero-order valence-corrected chi connectivity index (χ0v) is 57.2. The molecule has 1 aromatic heterocycles. The van der Waals surface area contributed by atoms with Crippen LogP contribution in [-0.2, 0) is 55.5 Å². The molecule has 2 saturated carbocycles. The van der Waals surface area contributed by atoms with E-state index in [1.807, 2.05) is 35.1 Å². The van der Waals surface area contributed by atoms with Gasteiger partial charge in [0.1, 0.15) is 5.75 Å². The van der Waals surface area contributed by atoms with E-state index in [1.165, 1.54) is 27.8 Å². The van der Waals surface area contributed by atoms with Crippen molar-refractivity contribution in [3.05, 3.63) is 206 Å². The Hall–Kier alpha value is -5.68. The molecular weight excluding hydrogens is 1260 g/mol. The maximum absolute atomic E-state index is 14.7. The number of allylic oxidation sites excluding steroid dienone is 3. The summed E-state index contributed by atoms with van der Waals surface area (Å²) in [5.74, 6) is 8.07. The lowest BCUT2D eigenvalue weighted by atomic mass is 9.60. The molecule has 16 heteroatoms. The Morgan fingerprint density at radius 2 is 1.48 bits per heavy atom. The van der Waals surface area contributed by atoms with Crippen LogP contribution in [0.25, 0.3) is 0 Å². The van der Waals surface area contributed by atoms with Crippen LogP contribution in [0.5, 0.6) is 17.2 Å². The van der Waals surface area contributed by atoms with E-state index in [0.717, 1.165) is 84.2 Å². The highest BCUT2D eigenvalue weighted by Gasteiger charge is 2.61. The molecule has 11 N–H and O–H groups in total. The molecule has 13 unspecified atom stereocenters. The molecule has 0 saturated heterocycles. The second kappa shape index (κ2) is 28.3. The molecule has 12 nitrogen and oxygen atoms in total. The van der Waals surface area contributed by atoms with Gasteiger partial charge < -0.3 is 51.8 Å². The van der Waals surface area contributed by atoms with Crippen molar-refractivity contribution in [2.75, 3.05) is 24.7 Å². The average Bonchev–Trinajstić information content (AvgIpc) is 1.60. The van der Waals surface area contributed by atoms with E-state index in [9.17, 15) is 40.2 Å². The molecular formula is C79H89N3O9S4. The highest BCUT2D eigenvalue weighted by Crippen LogP contribution is 2.64. The molecule has 2 aliphatic heterocycles. The number of aliphatic hydroxyl groups excluding tert-OH is 2. The summed E-state index contributed by atoms with van der Waals surface area (Å²) in [6, 6.07) is 32.5. The van der Waals surface area contributed by atoms with E-state index in [4.69, 9.17) is 16.2 Å². The van der Waals surface area contributed by atoms with E-state index < -0.39 is 34.8 Å². The number of rotatable bonds is 2. The SMILES string of the molecule is NC(N)c1cc2c3cc1CSSCC1CC4(C=CC(=O)CCc5ccc(O)c(c5)OCCc5ccc(O)c(c5)C3CC(=O)c3cc[nH]c3CC#C2)CC1(O)C1C=CC4CC2CC3(O)CCCC4C2Cc2cc(ccc2C(CO)C4CSS1)CCc1ccc(cc1)CCCC3O. The number of ether oxygens (including phenoxy) is 1. The second-order valence-electron chi connectivity index (χ2n) is 28.9. The van der Waals surface area contributed by atoms with Gasteiger partial charge in [0.25, 0.3) is 0 Å². The van der Waals surface area contributed by atoms with Crippen molar-refractivity contribution in [2.45, 2.75) is 162 Å². The first kappa shape index (κ1) is 66.5. The molecule has 3 heterocycles. The van der Waals surface area contributed by atoms with Crippen molar-refractivity contribution in [3.63, 3.8) is 0 Å². The lowest BCUT2D eigenvalue weighted by molar-refractivity contribution is -0.116. The molecule has 0 amide bonds. The number of Topliss-reactive ketones (excluding diaryl/α,β-unsaturated/α-hetero) is 1. The summed E-state index contributed by atoms with van der Waals surface area (Å²) < 4.78 is 6.32. The quantitative estimate of drug-likeness (QED) is 0.0340. The van der Waals surface area contributed by atoms with Crippen LogP contribution in [0.4, 0.5) is 0 Å². The van der Waals surface area contributed by atoms with Crippen LogP contribution in [0, 0.1) is 52.8 Å². The number of aromatic hydroxyl groups is 2. The summed E-state index contributed by atoms with van der Waals surface area (Å²) in [5.41, 5.74) is 23.1. The van der Waals surface area contributed by atoms with Gasteiger partial charge in [0.05, 0.1) is 48.4 Å². The van der Waals surface area contributed by atoms with Gasteiger partial charge >= 0.3 is 0 Å². The molecule has 95 heavy (non-hydrogen) atoms. The number of nitrogens with one attached hydrogen (secondary N) is 1. The molecule has 5 aromatic carbocycles. The Morgan fingerprint density at radius 3 is 2.32 bits per heavy atom. The summed E-state index contributed by atoms with van der Waals surface area (Å²) in [5, 5.41) is 74.5. The van der Waals surface area contributed by atoms with Gasteiger partial charge in [-0.05, 0) is 216 Å². The number of ketones is 2. The third-order valence-corrected chi connectivity index (χ3v) is 28.5. The number of hydrogen-bond donors (Lipinski definition) is 9. The number of carbonyl (C=O) groups is 2. The number of aryl methyl sites for hydroxylation is 4. The lowest BCUT2D eigenvalue weighted by Crippen LogP contribution is -2.48. The fraction of sp³-hybridized carbons (Fsp3) is 0.468. The highest BCUT2D eigenvalue weighted by atomic mass is 33.1. The first-order valence-electron chi connectivity index (χ1n) is 34.5. The summed E-state index contributed by atoms with van der Waals surface area (Å²) >= 11 is 0. The first-order chi connectivity index (χ1) is 46.0. The summed E-state index contributed by atoms with van der Waals surface area (Å²) in [7, 11) is 6.96. The van der Waals surface area contributed by atoms with Crippen LogP contribution in [0.15, 0.2) is 128 Å². The Labute approximate surface area is 574 Å². The third kappa shape index (κ3) is 13.8. The number of hydrogen-bond acceptors (Lipinski definition) is 15. The molecule has 0 radical (unpaired) electrons. The monoisotopic (exact) mass is 1350 g/mol. The zero-order valence-electron chi connectivity index (χ0n) is 53.9. The number of benzene rings is 5. The van der Waals surface area contributed by atoms with Crippen molar-refractivity contribution in [3.8, 4) is 29.1 Å². The number of fused-ring (bicyclic) bond motifs is 19. The predicted octanol–water partition coefficient (Wildman–Crippen LogP) is 13.3. The smallest absolute Gasteiger partial charge is 0.165 e. The summed E-state index contributed by atoms with van der Waals surface area (Å²) in [4.78, 5) is 32.5. The van der Waals surface area contributed by atoms with E-state index in [2.05, 4.69) is 83.6 Å². The van der Waals surface area contributed by atoms with Gasteiger partial charge in [0, 0.05) is 76.9 Å². The van der Waals surface area contributed by atoms with Gasteiger partial charge in [-0.15, -0.1) is 0 Å². The number of aromatic nitrogens is 1. The summed E-state index contributed by atoms with van der Waals surface area (Å²) in [6.07, 6.45) is 18.9.